The quantitative estimate of drug-likeness (QED) is 0.529. The molecular weight excluding hydrogens is 365 g/mol. The molecule has 1 heterocycles. The van der Waals surface area contributed by atoms with E-state index < -0.39 is 0 Å². The summed E-state index contributed by atoms with van der Waals surface area (Å²) in [5, 5.41) is 5.02. The van der Waals surface area contributed by atoms with Crippen molar-refractivity contribution < 1.29 is 9.18 Å². The highest BCUT2D eigenvalue weighted by molar-refractivity contribution is 6.07. The number of benzene rings is 3. The van der Waals surface area contributed by atoms with Crippen LogP contribution in [0.2, 0.25) is 0 Å². The predicted octanol–water partition coefficient (Wildman–Crippen LogP) is 4.50. The van der Waals surface area contributed by atoms with Gasteiger partial charge in [-0.05, 0) is 41.5 Å². The largest absolute Gasteiger partial charge is 0.352 e. The zero-order chi connectivity index (χ0) is 20.2. The van der Waals surface area contributed by atoms with Gasteiger partial charge in [0.1, 0.15) is 5.82 Å². The van der Waals surface area contributed by atoms with Crippen molar-refractivity contribution in [3.63, 3.8) is 0 Å². The second-order valence-electron chi connectivity index (χ2n) is 7.18. The number of fused-ring (bicyclic) bond motifs is 1. The molecule has 1 aromatic heterocycles. The van der Waals surface area contributed by atoms with Gasteiger partial charge in [0.25, 0.3) is 5.91 Å². The first kappa shape index (κ1) is 18.9. The fraction of sp³-hybridized carbons (Fsp3) is 0.167. The fourth-order valence-corrected chi connectivity index (χ4v) is 3.51. The van der Waals surface area contributed by atoms with Gasteiger partial charge in [-0.15, -0.1) is 0 Å². The van der Waals surface area contributed by atoms with Crippen LogP contribution >= 0.6 is 0 Å². The lowest BCUT2D eigenvalue weighted by Crippen LogP contribution is -2.26. The second kappa shape index (κ2) is 8.27. The number of nitrogens with one attached hydrogen (secondary N) is 1. The van der Waals surface area contributed by atoms with Crippen LogP contribution in [0.3, 0.4) is 0 Å². The Balaban J connectivity index is 1.42. The maximum absolute atomic E-state index is 13.4. The van der Waals surface area contributed by atoms with Crippen LogP contribution in [-0.2, 0) is 13.0 Å². The number of nitrogens with zero attached hydrogens (tertiary/aromatic N) is 2. The predicted molar refractivity (Wildman–Crippen MR) is 112 cm³/mol. The van der Waals surface area contributed by atoms with Crippen LogP contribution in [0.25, 0.3) is 10.8 Å². The van der Waals surface area contributed by atoms with Gasteiger partial charge in [-0.2, -0.15) is 0 Å². The van der Waals surface area contributed by atoms with E-state index in [-0.39, 0.29) is 11.7 Å². The lowest BCUT2D eigenvalue weighted by atomic mass is 10.0. The minimum atomic E-state index is -0.248. The standard InChI is InChI=1S/C24H22FN3O/c1-17-8-9-19-5-3-7-22(23(19)12-17)24(29)27-11-10-21-14-26-16-28(21)15-18-4-2-6-20(25)13-18/h2-9,12-14,16H,10-11,15H2,1H3,(H,27,29). The van der Waals surface area contributed by atoms with Gasteiger partial charge in [0.2, 0.25) is 0 Å². The summed E-state index contributed by atoms with van der Waals surface area (Å²) in [4.78, 5) is 16.9. The Morgan fingerprint density at radius 2 is 1.97 bits per heavy atom. The normalized spacial score (nSPS) is 11.0. The van der Waals surface area contributed by atoms with E-state index in [4.69, 9.17) is 0 Å². The molecule has 146 valence electrons. The topological polar surface area (TPSA) is 46.9 Å². The maximum atomic E-state index is 13.4. The summed E-state index contributed by atoms with van der Waals surface area (Å²) in [6, 6.07) is 18.4. The summed E-state index contributed by atoms with van der Waals surface area (Å²) in [6.45, 7) is 3.06. The number of carbonyl (C=O) groups excluding carboxylic acids is 1. The van der Waals surface area contributed by atoms with Crippen molar-refractivity contribution in [3.05, 3.63) is 101 Å². The Morgan fingerprint density at radius 1 is 1.10 bits per heavy atom. The number of aromatic nitrogens is 2. The number of hydrogen-bond donors (Lipinski definition) is 1. The van der Waals surface area contributed by atoms with Crippen molar-refractivity contribution >= 4 is 16.7 Å². The number of carbonyl (C=O) groups is 1. The van der Waals surface area contributed by atoms with Crippen molar-refractivity contribution in [2.75, 3.05) is 6.54 Å². The van der Waals surface area contributed by atoms with Gasteiger partial charge >= 0.3 is 0 Å². The Bertz CT molecular complexity index is 1170. The summed E-state index contributed by atoms with van der Waals surface area (Å²) < 4.78 is 15.4. The molecule has 4 rings (SSSR count). The molecule has 3 aromatic carbocycles. The third-order valence-electron chi connectivity index (χ3n) is 4.99. The van der Waals surface area contributed by atoms with Gasteiger partial charge in [0.05, 0.1) is 6.33 Å². The minimum Gasteiger partial charge on any atom is -0.352 e. The Labute approximate surface area is 169 Å². The molecule has 0 saturated carbocycles. The first-order valence-corrected chi connectivity index (χ1v) is 9.61. The van der Waals surface area contributed by atoms with E-state index in [1.54, 1.807) is 18.6 Å². The van der Waals surface area contributed by atoms with Gasteiger partial charge in [-0.3, -0.25) is 4.79 Å². The summed E-state index contributed by atoms with van der Waals surface area (Å²) in [5.74, 6) is -0.334. The molecule has 4 nitrogen and oxygen atoms in total. The smallest absolute Gasteiger partial charge is 0.251 e. The molecule has 5 heteroatoms. The van der Waals surface area contributed by atoms with E-state index >= 15 is 0 Å². The number of amides is 1. The van der Waals surface area contributed by atoms with Gasteiger partial charge in [-0.1, -0.05) is 48.0 Å². The van der Waals surface area contributed by atoms with Crippen molar-refractivity contribution in [2.45, 2.75) is 19.9 Å². The van der Waals surface area contributed by atoms with E-state index in [0.717, 1.165) is 27.6 Å². The molecule has 0 radical (unpaired) electrons. The average molecular weight is 387 g/mol. The number of rotatable bonds is 6. The minimum absolute atomic E-state index is 0.0857. The van der Waals surface area contributed by atoms with Crippen LogP contribution in [0.5, 0.6) is 0 Å². The Kier molecular flexibility index (Phi) is 5.38. The van der Waals surface area contributed by atoms with E-state index in [0.29, 0.717) is 25.1 Å². The molecule has 29 heavy (non-hydrogen) atoms. The molecule has 0 unspecified atom stereocenters. The molecule has 0 aliphatic heterocycles. The Morgan fingerprint density at radius 3 is 2.83 bits per heavy atom. The zero-order valence-corrected chi connectivity index (χ0v) is 16.2. The van der Waals surface area contributed by atoms with Gasteiger partial charge in [0, 0.05) is 37.0 Å². The third-order valence-corrected chi connectivity index (χ3v) is 4.99. The molecular formula is C24H22FN3O. The monoisotopic (exact) mass is 387 g/mol. The first-order chi connectivity index (χ1) is 14.1. The molecule has 0 aliphatic rings. The number of aryl methyl sites for hydroxylation is 1. The summed E-state index contributed by atoms with van der Waals surface area (Å²) in [7, 11) is 0. The lowest BCUT2D eigenvalue weighted by molar-refractivity contribution is 0.0955. The molecule has 0 spiro atoms. The van der Waals surface area contributed by atoms with Crippen LogP contribution in [0, 0.1) is 12.7 Å². The van der Waals surface area contributed by atoms with Crippen LogP contribution < -0.4 is 5.32 Å². The van der Waals surface area contributed by atoms with E-state index in [1.807, 2.05) is 54.0 Å². The molecule has 1 amide bonds. The van der Waals surface area contributed by atoms with E-state index in [9.17, 15) is 9.18 Å². The molecule has 0 bridgehead atoms. The Hall–Kier alpha value is -3.47. The summed E-state index contributed by atoms with van der Waals surface area (Å²) >= 11 is 0. The third kappa shape index (κ3) is 4.35. The van der Waals surface area contributed by atoms with Crippen LogP contribution in [0.1, 0.15) is 27.2 Å². The SMILES string of the molecule is Cc1ccc2cccc(C(=O)NCCc3cncn3Cc3cccc(F)c3)c2c1. The highest BCUT2D eigenvalue weighted by atomic mass is 19.1. The van der Waals surface area contributed by atoms with Crippen molar-refractivity contribution in [1.82, 2.24) is 14.9 Å². The lowest BCUT2D eigenvalue weighted by Gasteiger charge is -2.11. The molecule has 0 aliphatic carbocycles. The maximum Gasteiger partial charge on any atom is 0.251 e. The fourth-order valence-electron chi connectivity index (χ4n) is 3.51. The van der Waals surface area contributed by atoms with Crippen LogP contribution in [0.4, 0.5) is 4.39 Å². The van der Waals surface area contributed by atoms with Crippen LogP contribution in [0.15, 0.2) is 73.2 Å². The van der Waals surface area contributed by atoms with E-state index in [1.165, 1.54) is 12.1 Å². The molecule has 0 saturated heterocycles. The molecule has 0 atom stereocenters. The first-order valence-electron chi connectivity index (χ1n) is 9.61. The number of halogens is 1. The summed E-state index contributed by atoms with van der Waals surface area (Å²) in [6.07, 6.45) is 4.16. The molecule has 0 fully saturated rings. The second-order valence-corrected chi connectivity index (χ2v) is 7.18. The highest BCUT2D eigenvalue weighted by Crippen LogP contribution is 2.20. The highest BCUT2D eigenvalue weighted by Gasteiger charge is 2.10. The molecule has 4 aromatic rings. The van der Waals surface area contributed by atoms with Gasteiger partial charge < -0.3 is 9.88 Å². The number of imidazole rings is 1. The van der Waals surface area contributed by atoms with Crippen LogP contribution in [-0.4, -0.2) is 22.0 Å². The number of hydrogen-bond acceptors (Lipinski definition) is 2. The van der Waals surface area contributed by atoms with Crippen molar-refractivity contribution in [3.8, 4) is 0 Å². The van der Waals surface area contributed by atoms with Gasteiger partial charge in [-0.25, -0.2) is 9.37 Å². The summed E-state index contributed by atoms with van der Waals surface area (Å²) in [5.41, 5.74) is 3.67. The van der Waals surface area contributed by atoms with Crippen molar-refractivity contribution in [2.24, 2.45) is 0 Å². The van der Waals surface area contributed by atoms with Crippen molar-refractivity contribution in [1.29, 1.82) is 0 Å². The average Bonchev–Trinajstić information content (AvgIpc) is 3.14. The van der Waals surface area contributed by atoms with Gasteiger partial charge in [0.15, 0.2) is 0 Å². The molecule has 1 N–H and O–H groups in total. The zero-order valence-electron chi connectivity index (χ0n) is 16.2. The van der Waals surface area contributed by atoms with E-state index in [2.05, 4.69) is 10.3 Å².